The molecule has 10 heavy (non-hydrogen) atoms. The molecule has 56 valence electrons. The van der Waals surface area contributed by atoms with Gasteiger partial charge in [-0.3, -0.25) is 0 Å². The molecule has 1 unspecified atom stereocenters. The van der Waals surface area contributed by atoms with Crippen molar-refractivity contribution in [3.05, 3.63) is 24.8 Å². The van der Waals surface area contributed by atoms with Crippen LogP contribution in [0.1, 0.15) is 6.92 Å². The minimum Gasteiger partial charge on any atom is -0.142 e. The zero-order valence-electron chi connectivity index (χ0n) is 6.12. The van der Waals surface area contributed by atoms with Gasteiger partial charge >= 0.3 is 8.03 Å². The van der Waals surface area contributed by atoms with Crippen molar-refractivity contribution in [1.82, 2.24) is 0 Å². The number of hydrogen-bond donors (Lipinski definition) is 0. The van der Waals surface area contributed by atoms with Gasteiger partial charge in [0.15, 0.2) is 6.16 Å². The van der Waals surface area contributed by atoms with E-state index < -0.39 is 8.03 Å². The molecule has 0 aromatic rings. The Hall–Kier alpha value is -0.460. The van der Waals surface area contributed by atoms with E-state index in [1.165, 1.54) is 0 Å². The summed E-state index contributed by atoms with van der Waals surface area (Å²) in [6.45, 7) is 5.69. The standard InChI is InChI=1S/C7H12O2P/c1-3-5-7-10(8)9-6-4-2/h3-5H,2,6-7H2,1H3/q+1/b5-3+. The highest BCUT2D eigenvalue weighted by Gasteiger charge is 2.11. The molecule has 2 nitrogen and oxygen atoms in total. The summed E-state index contributed by atoms with van der Waals surface area (Å²) < 4.78 is 15.6. The van der Waals surface area contributed by atoms with E-state index in [-0.39, 0.29) is 0 Å². The predicted octanol–water partition coefficient (Wildman–Crippen LogP) is 2.51. The largest absolute Gasteiger partial charge is 0.512 e. The molecule has 0 N–H and O–H groups in total. The topological polar surface area (TPSA) is 26.3 Å². The molecule has 3 heteroatoms. The van der Waals surface area contributed by atoms with E-state index in [1.54, 1.807) is 6.08 Å². The third kappa shape index (κ3) is 5.67. The van der Waals surface area contributed by atoms with Crippen LogP contribution < -0.4 is 0 Å². The van der Waals surface area contributed by atoms with Gasteiger partial charge in [0.2, 0.25) is 0 Å². The molecule has 0 fully saturated rings. The Bertz CT molecular complexity index is 141. The van der Waals surface area contributed by atoms with Crippen LogP contribution in [0.2, 0.25) is 0 Å². The fourth-order valence-corrected chi connectivity index (χ4v) is 1.14. The zero-order valence-corrected chi connectivity index (χ0v) is 7.01. The third-order valence-electron chi connectivity index (χ3n) is 0.827. The Kier molecular flexibility index (Phi) is 6.35. The number of allylic oxidation sites excluding steroid dienone is 2. The second-order valence-electron chi connectivity index (χ2n) is 1.67. The molecule has 0 heterocycles. The maximum Gasteiger partial charge on any atom is 0.512 e. The molecule has 0 aliphatic carbocycles. The first kappa shape index (κ1) is 9.54. The molecule has 0 amide bonds. The molecule has 0 spiro atoms. The molecular formula is C7H12O2P+. The van der Waals surface area contributed by atoms with Crippen LogP contribution in [0.4, 0.5) is 0 Å². The molecule has 0 rings (SSSR count). The van der Waals surface area contributed by atoms with E-state index in [9.17, 15) is 4.57 Å². The van der Waals surface area contributed by atoms with Gasteiger partial charge in [0.1, 0.15) is 6.61 Å². The monoisotopic (exact) mass is 159 g/mol. The lowest BCUT2D eigenvalue weighted by Crippen LogP contribution is -1.80. The normalized spacial score (nSPS) is 11.9. The van der Waals surface area contributed by atoms with Gasteiger partial charge in [0.25, 0.3) is 0 Å². The average Bonchev–Trinajstić information content (AvgIpc) is 1.97. The number of hydrogen-bond acceptors (Lipinski definition) is 2. The predicted molar refractivity (Wildman–Crippen MR) is 43.4 cm³/mol. The fraction of sp³-hybridized carbons (Fsp3) is 0.429. The highest BCUT2D eigenvalue weighted by atomic mass is 31.1. The summed E-state index contributed by atoms with van der Waals surface area (Å²) in [6.07, 6.45) is 5.76. The first-order chi connectivity index (χ1) is 4.81. The van der Waals surface area contributed by atoms with Crippen molar-refractivity contribution >= 4 is 8.03 Å². The molecule has 0 aliphatic rings. The van der Waals surface area contributed by atoms with Crippen molar-refractivity contribution < 1.29 is 9.09 Å². The van der Waals surface area contributed by atoms with Crippen LogP contribution in [0.15, 0.2) is 24.8 Å². The molecule has 0 aromatic carbocycles. The van der Waals surface area contributed by atoms with Crippen LogP contribution in [-0.2, 0) is 9.09 Å². The van der Waals surface area contributed by atoms with Crippen molar-refractivity contribution in [2.75, 3.05) is 12.8 Å². The van der Waals surface area contributed by atoms with Crippen molar-refractivity contribution in [2.45, 2.75) is 6.92 Å². The molecular weight excluding hydrogens is 147 g/mol. The van der Waals surface area contributed by atoms with E-state index >= 15 is 0 Å². The first-order valence-corrected chi connectivity index (χ1v) is 4.47. The van der Waals surface area contributed by atoms with Gasteiger partial charge in [0, 0.05) is 0 Å². The van der Waals surface area contributed by atoms with Gasteiger partial charge in [-0.05, 0) is 17.6 Å². The van der Waals surface area contributed by atoms with Gasteiger partial charge in [-0.25, -0.2) is 0 Å². The molecule has 0 saturated carbocycles. The first-order valence-electron chi connectivity index (χ1n) is 3.11. The van der Waals surface area contributed by atoms with Crippen molar-refractivity contribution in [2.24, 2.45) is 0 Å². The average molecular weight is 159 g/mol. The van der Waals surface area contributed by atoms with Gasteiger partial charge in [0.05, 0.1) is 0 Å². The summed E-state index contributed by atoms with van der Waals surface area (Å²) in [5, 5.41) is 0. The SMILES string of the molecule is C=CCO[P+](=O)C/C=C/C. The maximum absolute atomic E-state index is 10.8. The Morgan fingerprint density at radius 3 is 2.90 bits per heavy atom. The van der Waals surface area contributed by atoms with Crippen molar-refractivity contribution in [1.29, 1.82) is 0 Å². The summed E-state index contributed by atoms with van der Waals surface area (Å²) in [5.74, 6) is 0. The second kappa shape index (κ2) is 6.66. The summed E-state index contributed by atoms with van der Waals surface area (Å²) in [7, 11) is -1.50. The molecule has 0 bridgehead atoms. The van der Waals surface area contributed by atoms with Crippen LogP contribution in [0.3, 0.4) is 0 Å². The lowest BCUT2D eigenvalue weighted by molar-refractivity contribution is 0.373. The van der Waals surface area contributed by atoms with Crippen LogP contribution in [0.5, 0.6) is 0 Å². The van der Waals surface area contributed by atoms with Crippen LogP contribution in [-0.4, -0.2) is 12.8 Å². The number of rotatable bonds is 5. The van der Waals surface area contributed by atoms with Crippen LogP contribution in [0.25, 0.3) is 0 Å². The fourth-order valence-electron chi connectivity index (χ4n) is 0.380. The second-order valence-corrected chi connectivity index (χ2v) is 2.96. The van der Waals surface area contributed by atoms with E-state index in [4.69, 9.17) is 4.52 Å². The Balaban J connectivity index is 3.34. The minimum absolute atomic E-state index is 0.368. The van der Waals surface area contributed by atoms with Crippen molar-refractivity contribution in [3.63, 3.8) is 0 Å². The Morgan fingerprint density at radius 1 is 1.70 bits per heavy atom. The third-order valence-corrected chi connectivity index (χ3v) is 1.77. The van der Waals surface area contributed by atoms with E-state index in [2.05, 4.69) is 6.58 Å². The van der Waals surface area contributed by atoms with Crippen LogP contribution >= 0.6 is 8.03 Å². The van der Waals surface area contributed by atoms with Gasteiger partial charge < -0.3 is 0 Å². The Morgan fingerprint density at radius 2 is 2.40 bits per heavy atom. The highest BCUT2D eigenvalue weighted by Crippen LogP contribution is 2.21. The smallest absolute Gasteiger partial charge is 0.142 e. The Labute approximate surface area is 62.5 Å². The van der Waals surface area contributed by atoms with E-state index in [0.717, 1.165) is 0 Å². The molecule has 0 saturated heterocycles. The highest BCUT2D eigenvalue weighted by molar-refractivity contribution is 7.39. The van der Waals surface area contributed by atoms with Crippen molar-refractivity contribution in [3.8, 4) is 0 Å². The summed E-state index contributed by atoms with van der Waals surface area (Å²) >= 11 is 0. The lowest BCUT2D eigenvalue weighted by atomic mass is 10.6. The minimum atomic E-state index is -1.50. The molecule has 0 radical (unpaired) electrons. The van der Waals surface area contributed by atoms with E-state index in [1.807, 2.05) is 19.1 Å². The van der Waals surface area contributed by atoms with E-state index in [0.29, 0.717) is 12.8 Å². The zero-order chi connectivity index (χ0) is 7.82. The quantitative estimate of drug-likeness (QED) is 0.455. The molecule has 0 aromatic heterocycles. The lowest BCUT2D eigenvalue weighted by Gasteiger charge is -1.79. The van der Waals surface area contributed by atoms with Gasteiger partial charge in [-0.1, -0.05) is 12.2 Å². The van der Waals surface area contributed by atoms with Gasteiger partial charge in [-0.2, -0.15) is 0 Å². The maximum atomic E-state index is 10.8. The van der Waals surface area contributed by atoms with Gasteiger partial charge in [-0.15, -0.1) is 11.1 Å². The molecule has 1 atom stereocenters. The summed E-state index contributed by atoms with van der Waals surface area (Å²) in [6, 6.07) is 0. The molecule has 0 aliphatic heterocycles. The summed E-state index contributed by atoms with van der Waals surface area (Å²) in [4.78, 5) is 0. The summed E-state index contributed by atoms with van der Waals surface area (Å²) in [5.41, 5.74) is 0. The van der Waals surface area contributed by atoms with Crippen LogP contribution in [0, 0.1) is 0 Å².